The molecule has 0 N–H and O–H groups in total. The van der Waals surface area contributed by atoms with Gasteiger partial charge in [0, 0.05) is 32.1 Å². The summed E-state index contributed by atoms with van der Waals surface area (Å²) in [6, 6.07) is 22.3. The zero-order chi connectivity index (χ0) is 21.5. The fourth-order valence-electron chi connectivity index (χ4n) is 4.07. The summed E-state index contributed by atoms with van der Waals surface area (Å²) in [6.45, 7) is 9.10. The molecule has 5 aromatic rings. The molecular weight excluding hydrogens is 416 g/mol. The molecule has 1 nitrogen and oxygen atoms in total. The SMILES string of the molecule is CC(C)CSc1ccc2ccc3oc4ccc5ccc(SCC(C)C)cc5c4c3c2c1. The quantitative estimate of drug-likeness (QED) is 0.242. The van der Waals surface area contributed by atoms with E-state index < -0.39 is 0 Å². The van der Waals surface area contributed by atoms with Crippen LogP contribution in [0.5, 0.6) is 0 Å². The van der Waals surface area contributed by atoms with Crippen molar-refractivity contribution in [3.8, 4) is 0 Å². The molecule has 0 aliphatic carbocycles. The first-order valence-electron chi connectivity index (χ1n) is 11.1. The fraction of sp³-hybridized carbons (Fsp3) is 0.286. The van der Waals surface area contributed by atoms with Crippen LogP contribution in [-0.4, -0.2) is 11.5 Å². The van der Waals surface area contributed by atoms with Crippen molar-refractivity contribution in [3.63, 3.8) is 0 Å². The van der Waals surface area contributed by atoms with Crippen LogP contribution in [0.4, 0.5) is 0 Å². The molecule has 4 aromatic carbocycles. The van der Waals surface area contributed by atoms with Crippen LogP contribution in [0.1, 0.15) is 27.7 Å². The lowest BCUT2D eigenvalue weighted by atomic mass is 10.00. The predicted octanol–water partition coefficient (Wildman–Crippen LogP) is 9.39. The number of thioether (sulfide) groups is 2. The van der Waals surface area contributed by atoms with Gasteiger partial charge >= 0.3 is 0 Å². The van der Waals surface area contributed by atoms with Crippen molar-refractivity contribution in [2.45, 2.75) is 37.5 Å². The van der Waals surface area contributed by atoms with Crippen molar-refractivity contribution in [1.82, 2.24) is 0 Å². The molecule has 5 rings (SSSR count). The summed E-state index contributed by atoms with van der Waals surface area (Å²) in [6.07, 6.45) is 0. The van der Waals surface area contributed by atoms with E-state index in [1.54, 1.807) is 0 Å². The topological polar surface area (TPSA) is 13.1 Å². The Labute approximate surface area is 192 Å². The fourth-order valence-corrected chi connectivity index (χ4v) is 5.85. The van der Waals surface area contributed by atoms with E-state index in [-0.39, 0.29) is 0 Å². The first-order valence-corrected chi connectivity index (χ1v) is 13.0. The lowest BCUT2D eigenvalue weighted by molar-refractivity contribution is 0.669. The number of hydrogen-bond donors (Lipinski definition) is 0. The van der Waals surface area contributed by atoms with E-state index >= 15 is 0 Å². The highest BCUT2D eigenvalue weighted by molar-refractivity contribution is 7.99. The van der Waals surface area contributed by atoms with Gasteiger partial charge in [0.1, 0.15) is 11.2 Å². The van der Waals surface area contributed by atoms with E-state index in [0.717, 1.165) is 22.7 Å². The number of furan rings is 1. The van der Waals surface area contributed by atoms with Gasteiger partial charge in [-0.15, -0.1) is 23.5 Å². The Kier molecular flexibility index (Phi) is 5.66. The second-order valence-corrected chi connectivity index (χ2v) is 11.3. The number of benzene rings is 4. The molecule has 1 aromatic heterocycles. The van der Waals surface area contributed by atoms with Crippen molar-refractivity contribution >= 4 is 67.0 Å². The first-order chi connectivity index (χ1) is 15.0. The van der Waals surface area contributed by atoms with E-state index in [4.69, 9.17) is 4.42 Å². The molecule has 0 spiro atoms. The lowest BCUT2D eigenvalue weighted by Crippen LogP contribution is -1.90. The number of fused-ring (bicyclic) bond motifs is 7. The zero-order valence-electron chi connectivity index (χ0n) is 18.6. The van der Waals surface area contributed by atoms with Gasteiger partial charge in [-0.3, -0.25) is 0 Å². The van der Waals surface area contributed by atoms with Crippen molar-refractivity contribution in [2.75, 3.05) is 11.5 Å². The molecule has 0 saturated carbocycles. The first kappa shape index (κ1) is 20.8. The molecule has 0 aliphatic heterocycles. The van der Waals surface area contributed by atoms with E-state index in [9.17, 15) is 0 Å². The minimum atomic E-state index is 0.678. The van der Waals surface area contributed by atoms with Crippen molar-refractivity contribution in [2.24, 2.45) is 11.8 Å². The van der Waals surface area contributed by atoms with E-state index in [2.05, 4.69) is 88.4 Å². The van der Waals surface area contributed by atoms with Gasteiger partial charge in [-0.1, -0.05) is 52.0 Å². The molecule has 3 heteroatoms. The molecule has 0 bridgehead atoms. The molecule has 0 aliphatic rings. The van der Waals surface area contributed by atoms with Gasteiger partial charge in [-0.2, -0.15) is 0 Å². The van der Waals surface area contributed by atoms with Gasteiger partial charge < -0.3 is 4.42 Å². The second kappa shape index (κ2) is 8.44. The van der Waals surface area contributed by atoms with E-state index in [0.29, 0.717) is 11.8 Å². The molecule has 1 heterocycles. The normalized spacial score (nSPS) is 12.3. The van der Waals surface area contributed by atoms with Crippen LogP contribution in [0.25, 0.3) is 43.5 Å². The minimum absolute atomic E-state index is 0.678. The van der Waals surface area contributed by atoms with E-state index in [1.165, 1.54) is 42.1 Å². The predicted molar refractivity (Wildman–Crippen MR) is 140 cm³/mol. The molecule has 0 unspecified atom stereocenters. The molecule has 0 amide bonds. The monoisotopic (exact) mass is 444 g/mol. The maximum Gasteiger partial charge on any atom is 0.136 e. The van der Waals surface area contributed by atoms with Gasteiger partial charge in [-0.25, -0.2) is 0 Å². The summed E-state index contributed by atoms with van der Waals surface area (Å²) in [7, 11) is 0. The summed E-state index contributed by atoms with van der Waals surface area (Å²) < 4.78 is 6.33. The van der Waals surface area contributed by atoms with Gasteiger partial charge in [0.25, 0.3) is 0 Å². The van der Waals surface area contributed by atoms with Crippen LogP contribution in [0, 0.1) is 11.8 Å². The summed E-state index contributed by atoms with van der Waals surface area (Å²) in [4.78, 5) is 2.66. The van der Waals surface area contributed by atoms with Crippen LogP contribution in [0.2, 0.25) is 0 Å². The molecule has 0 radical (unpaired) electrons. The van der Waals surface area contributed by atoms with Crippen LogP contribution < -0.4 is 0 Å². The largest absolute Gasteiger partial charge is 0.456 e. The maximum atomic E-state index is 6.33. The third-order valence-electron chi connectivity index (χ3n) is 5.55. The summed E-state index contributed by atoms with van der Waals surface area (Å²) in [5.74, 6) is 3.62. The summed E-state index contributed by atoms with van der Waals surface area (Å²) in [5.41, 5.74) is 1.95. The highest BCUT2D eigenvalue weighted by atomic mass is 32.2. The highest BCUT2D eigenvalue weighted by Gasteiger charge is 2.15. The molecule has 0 fully saturated rings. The van der Waals surface area contributed by atoms with Crippen molar-refractivity contribution in [1.29, 1.82) is 0 Å². The molecule has 0 saturated heterocycles. The summed E-state index contributed by atoms with van der Waals surface area (Å²) >= 11 is 3.88. The standard InChI is InChI=1S/C28H28OS2/c1-17(2)15-30-21-9-5-19-7-11-25-27(23(19)13-21)28-24-14-22(31-16-18(3)4)10-6-20(24)8-12-26(28)29-25/h5-14,17-18H,15-16H2,1-4H3. The Bertz CT molecular complexity index is 1290. The number of hydrogen-bond acceptors (Lipinski definition) is 3. The molecular formula is C28H28OS2. The van der Waals surface area contributed by atoms with Crippen molar-refractivity contribution < 1.29 is 4.42 Å². The third-order valence-corrected chi connectivity index (χ3v) is 8.39. The number of rotatable bonds is 6. The molecule has 31 heavy (non-hydrogen) atoms. The zero-order valence-corrected chi connectivity index (χ0v) is 20.2. The maximum absolute atomic E-state index is 6.33. The lowest BCUT2D eigenvalue weighted by Gasteiger charge is -2.08. The van der Waals surface area contributed by atoms with Crippen molar-refractivity contribution in [3.05, 3.63) is 60.7 Å². The highest BCUT2D eigenvalue weighted by Crippen LogP contribution is 2.40. The smallest absolute Gasteiger partial charge is 0.136 e. The molecule has 0 atom stereocenters. The average Bonchev–Trinajstić information content (AvgIpc) is 3.15. The third kappa shape index (κ3) is 4.06. The Morgan fingerprint density at radius 1 is 0.613 bits per heavy atom. The van der Waals surface area contributed by atoms with Crippen LogP contribution in [-0.2, 0) is 0 Å². The van der Waals surface area contributed by atoms with Gasteiger partial charge in [0.15, 0.2) is 0 Å². The Morgan fingerprint density at radius 3 is 1.45 bits per heavy atom. The summed E-state index contributed by atoms with van der Waals surface area (Å²) in [5, 5.41) is 7.61. The van der Waals surface area contributed by atoms with Crippen LogP contribution in [0.3, 0.4) is 0 Å². The van der Waals surface area contributed by atoms with Gasteiger partial charge in [0.2, 0.25) is 0 Å². The van der Waals surface area contributed by atoms with Gasteiger partial charge in [0.05, 0.1) is 0 Å². The van der Waals surface area contributed by atoms with Crippen LogP contribution in [0.15, 0.2) is 74.9 Å². The Balaban J connectivity index is 1.76. The molecule has 158 valence electrons. The second-order valence-electron chi connectivity index (χ2n) is 9.16. The van der Waals surface area contributed by atoms with Crippen LogP contribution >= 0.6 is 23.5 Å². The Morgan fingerprint density at radius 2 is 1.03 bits per heavy atom. The average molecular weight is 445 g/mol. The minimum Gasteiger partial charge on any atom is -0.456 e. The van der Waals surface area contributed by atoms with Gasteiger partial charge in [-0.05, 0) is 69.8 Å². The Hall–Kier alpha value is -2.10. The van der Waals surface area contributed by atoms with E-state index in [1.807, 2.05) is 23.5 Å².